The predicted octanol–water partition coefficient (Wildman–Crippen LogP) is 2.56. The molecule has 2 fully saturated rings. The Labute approximate surface area is 75.9 Å². The Morgan fingerprint density at radius 3 is 2.92 bits per heavy atom. The highest BCUT2D eigenvalue weighted by Gasteiger charge is 2.35. The first kappa shape index (κ1) is 8.55. The van der Waals surface area contributed by atoms with Crippen LogP contribution in [-0.2, 0) is 0 Å². The summed E-state index contributed by atoms with van der Waals surface area (Å²) in [6.07, 6.45) is 7.15. The molecule has 0 unspecified atom stereocenters. The van der Waals surface area contributed by atoms with Crippen molar-refractivity contribution in [2.75, 3.05) is 6.54 Å². The van der Waals surface area contributed by atoms with E-state index in [1.807, 2.05) is 0 Å². The van der Waals surface area contributed by atoms with Crippen LogP contribution in [0.5, 0.6) is 0 Å². The minimum atomic E-state index is 0.625. The second-order valence-electron chi connectivity index (χ2n) is 5.37. The lowest BCUT2D eigenvalue weighted by Gasteiger charge is -2.43. The molecule has 12 heavy (non-hydrogen) atoms. The summed E-state index contributed by atoms with van der Waals surface area (Å²) in [6.45, 7) is 6.12. The van der Waals surface area contributed by atoms with Crippen molar-refractivity contribution in [3.8, 4) is 0 Å². The number of piperidine rings is 1. The van der Waals surface area contributed by atoms with Crippen LogP contribution in [0.25, 0.3) is 0 Å². The van der Waals surface area contributed by atoms with Crippen LogP contribution in [0.2, 0.25) is 0 Å². The quantitative estimate of drug-likeness (QED) is 0.584. The van der Waals surface area contributed by atoms with Crippen molar-refractivity contribution in [3.05, 3.63) is 0 Å². The Hall–Kier alpha value is -0.0400. The molecular weight excluding hydrogens is 146 g/mol. The maximum Gasteiger partial charge on any atom is 0.00957 e. The van der Waals surface area contributed by atoms with Crippen LogP contribution < -0.4 is 5.32 Å². The molecule has 2 atom stereocenters. The lowest BCUT2D eigenvalue weighted by molar-refractivity contribution is 0.112. The van der Waals surface area contributed by atoms with Gasteiger partial charge in [0.1, 0.15) is 0 Å². The zero-order valence-electron chi connectivity index (χ0n) is 8.40. The number of rotatable bonds is 0. The number of fused-ring (bicyclic) bond motifs is 1. The molecule has 0 amide bonds. The van der Waals surface area contributed by atoms with Gasteiger partial charge >= 0.3 is 0 Å². The van der Waals surface area contributed by atoms with E-state index in [2.05, 4.69) is 19.2 Å². The van der Waals surface area contributed by atoms with Crippen LogP contribution in [0.15, 0.2) is 0 Å². The van der Waals surface area contributed by atoms with E-state index in [9.17, 15) is 0 Å². The lowest BCUT2D eigenvalue weighted by Crippen LogP contribution is -2.46. The van der Waals surface area contributed by atoms with Crippen LogP contribution in [0.4, 0.5) is 0 Å². The van der Waals surface area contributed by atoms with Crippen molar-refractivity contribution in [1.82, 2.24) is 5.32 Å². The highest BCUT2D eigenvalue weighted by molar-refractivity contribution is 4.90. The first-order valence-corrected chi connectivity index (χ1v) is 5.41. The van der Waals surface area contributed by atoms with Gasteiger partial charge in [-0.05, 0) is 50.0 Å². The molecule has 0 radical (unpaired) electrons. The van der Waals surface area contributed by atoms with Gasteiger partial charge < -0.3 is 5.32 Å². The van der Waals surface area contributed by atoms with Crippen molar-refractivity contribution in [2.24, 2.45) is 11.3 Å². The molecule has 1 N–H and O–H groups in total. The lowest BCUT2D eigenvalue weighted by atomic mass is 9.67. The standard InChI is InChI=1S/C11H21N/c1-11(2)6-5-10-9(8-11)4-3-7-12-10/h9-10,12H,3-8H2,1-2H3/t9-,10+/m0/s1. The molecule has 1 heterocycles. The van der Waals surface area contributed by atoms with E-state index < -0.39 is 0 Å². The van der Waals surface area contributed by atoms with Crippen molar-refractivity contribution >= 4 is 0 Å². The molecule has 1 aliphatic carbocycles. The molecule has 1 aliphatic heterocycles. The summed E-state index contributed by atoms with van der Waals surface area (Å²) in [5.41, 5.74) is 0.625. The van der Waals surface area contributed by atoms with Crippen LogP contribution in [0.3, 0.4) is 0 Å². The summed E-state index contributed by atoms with van der Waals surface area (Å²) >= 11 is 0. The van der Waals surface area contributed by atoms with Crippen molar-refractivity contribution in [1.29, 1.82) is 0 Å². The van der Waals surface area contributed by atoms with Gasteiger partial charge in [-0.3, -0.25) is 0 Å². The van der Waals surface area contributed by atoms with Crippen molar-refractivity contribution < 1.29 is 0 Å². The number of hydrogen-bond acceptors (Lipinski definition) is 1. The third-order valence-corrected chi connectivity index (χ3v) is 3.67. The van der Waals surface area contributed by atoms with Gasteiger partial charge in [0.2, 0.25) is 0 Å². The zero-order valence-corrected chi connectivity index (χ0v) is 8.40. The Bertz CT molecular complexity index is 162. The van der Waals surface area contributed by atoms with Crippen LogP contribution in [-0.4, -0.2) is 12.6 Å². The average molecular weight is 167 g/mol. The summed E-state index contributed by atoms with van der Waals surface area (Å²) in [7, 11) is 0. The third kappa shape index (κ3) is 1.66. The molecule has 1 heteroatoms. The minimum absolute atomic E-state index is 0.625. The Morgan fingerprint density at radius 1 is 1.25 bits per heavy atom. The van der Waals surface area contributed by atoms with Gasteiger partial charge in [-0.1, -0.05) is 13.8 Å². The molecule has 0 aromatic rings. The molecule has 0 aromatic carbocycles. The molecule has 2 aliphatic rings. The molecule has 1 nitrogen and oxygen atoms in total. The minimum Gasteiger partial charge on any atom is -0.314 e. The molecule has 1 saturated heterocycles. The first-order valence-electron chi connectivity index (χ1n) is 5.41. The summed E-state index contributed by atoms with van der Waals surface area (Å²) < 4.78 is 0. The fourth-order valence-corrected chi connectivity index (χ4v) is 2.96. The predicted molar refractivity (Wildman–Crippen MR) is 52.1 cm³/mol. The smallest absolute Gasteiger partial charge is 0.00957 e. The maximum absolute atomic E-state index is 3.66. The fourth-order valence-electron chi connectivity index (χ4n) is 2.96. The van der Waals surface area contributed by atoms with Crippen molar-refractivity contribution in [3.63, 3.8) is 0 Å². The molecule has 1 saturated carbocycles. The van der Waals surface area contributed by atoms with Gasteiger partial charge in [0.25, 0.3) is 0 Å². The third-order valence-electron chi connectivity index (χ3n) is 3.67. The summed E-state index contributed by atoms with van der Waals surface area (Å²) in [4.78, 5) is 0. The summed E-state index contributed by atoms with van der Waals surface area (Å²) in [5.74, 6) is 0.988. The van der Waals surface area contributed by atoms with Crippen molar-refractivity contribution in [2.45, 2.75) is 52.0 Å². The zero-order chi connectivity index (χ0) is 8.60. The largest absolute Gasteiger partial charge is 0.314 e. The molecule has 0 spiro atoms. The number of hydrogen-bond donors (Lipinski definition) is 1. The second-order valence-corrected chi connectivity index (χ2v) is 5.37. The molecular formula is C11H21N. The normalized spacial score (nSPS) is 40.5. The molecule has 2 rings (SSSR count). The van der Waals surface area contributed by atoms with Crippen LogP contribution in [0.1, 0.15) is 46.0 Å². The average Bonchev–Trinajstić information content (AvgIpc) is 2.02. The summed E-state index contributed by atoms with van der Waals surface area (Å²) in [6, 6.07) is 0.867. The van der Waals surface area contributed by atoms with Gasteiger partial charge in [-0.25, -0.2) is 0 Å². The van der Waals surface area contributed by atoms with Gasteiger partial charge in [0, 0.05) is 6.04 Å². The molecule has 0 bridgehead atoms. The topological polar surface area (TPSA) is 12.0 Å². The van der Waals surface area contributed by atoms with Gasteiger partial charge in [0.05, 0.1) is 0 Å². The summed E-state index contributed by atoms with van der Waals surface area (Å²) in [5, 5.41) is 3.66. The van der Waals surface area contributed by atoms with E-state index in [1.165, 1.54) is 38.6 Å². The fraction of sp³-hybridized carbons (Fsp3) is 1.00. The Morgan fingerprint density at radius 2 is 2.08 bits per heavy atom. The van der Waals surface area contributed by atoms with E-state index in [0.29, 0.717) is 5.41 Å². The molecule has 0 aromatic heterocycles. The Kier molecular flexibility index (Phi) is 2.16. The van der Waals surface area contributed by atoms with Crippen LogP contribution >= 0.6 is 0 Å². The van der Waals surface area contributed by atoms with E-state index in [4.69, 9.17) is 0 Å². The Balaban J connectivity index is 1.99. The van der Waals surface area contributed by atoms with E-state index in [0.717, 1.165) is 12.0 Å². The highest BCUT2D eigenvalue weighted by atomic mass is 14.9. The SMILES string of the molecule is CC1(C)CC[C@H]2NCCC[C@H]2C1. The first-order chi connectivity index (χ1) is 5.67. The van der Waals surface area contributed by atoms with E-state index in [1.54, 1.807) is 0 Å². The maximum atomic E-state index is 3.66. The second kappa shape index (κ2) is 3.02. The monoisotopic (exact) mass is 167 g/mol. The van der Waals surface area contributed by atoms with E-state index in [-0.39, 0.29) is 0 Å². The molecule has 70 valence electrons. The van der Waals surface area contributed by atoms with Gasteiger partial charge in [-0.2, -0.15) is 0 Å². The van der Waals surface area contributed by atoms with Crippen LogP contribution in [0, 0.1) is 11.3 Å². The van der Waals surface area contributed by atoms with Gasteiger partial charge in [0.15, 0.2) is 0 Å². The van der Waals surface area contributed by atoms with Gasteiger partial charge in [-0.15, -0.1) is 0 Å². The highest BCUT2D eigenvalue weighted by Crippen LogP contribution is 2.41. The number of nitrogens with one attached hydrogen (secondary N) is 1. The van der Waals surface area contributed by atoms with E-state index >= 15 is 0 Å².